The number of H-pyrrole nitrogens is 1. The minimum absolute atomic E-state index is 0.0695. The maximum atomic E-state index is 15.4. The number of aromatic amines is 1. The van der Waals surface area contributed by atoms with Crippen molar-refractivity contribution in [1.82, 2.24) is 19.9 Å². The second-order valence-electron chi connectivity index (χ2n) is 14.7. The quantitative estimate of drug-likeness (QED) is 0.153. The van der Waals surface area contributed by atoms with Gasteiger partial charge in [-0.3, -0.25) is 14.7 Å². The first-order chi connectivity index (χ1) is 25.1. The van der Waals surface area contributed by atoms with E-state index < -0.39 is 47.2 Å². The first-order valence-electron chi connectivity index (χ1n) is 17.6. The zero-order chi connectivity index (χ0) is 38.0. The molecule has 0 unspecified atom stereocenters. The van der Waals surface area contributed by atoms with Gasteiger partial charge in [0.15, 0.2) is 0 Å². The Labute approximate surface area is 311 Å². The molecule has 1 amide bonds. The van der Waals surface area contributed by atoms with Gasteiger partial charge in [0.2, 0.25) is 0 Å². The number of halogens is 4. The van der Waals surface area contributed by atoms with E-state index in [1.54, 1.807) is 37.8 Å². The van der Waals surface area contributed by atoms with Gasteiger partial charge in [-0.2, -0.15) is 0 Å². The topological polar surface area (TPSA) is 97.4 Å². The van der Waals surface area contributed by atoms with Gasteiger partial charge in [-0.15, -0.1) is 0 Å². The molecule has 3 heterocycles. The number of nitrogens with zero attached hydrogens (tertiary/aromatic N) is 3. The molecular weight excluding hydrogens is 705 g/mol. The Hall–Kier alpha value is -4.74. The van der Waals surface area contributed by atoms with Gasteiger partial charge in [-0.1, -0.05) is 29.8 Å². The molecule has 1 aliphatic heterocycles. The number of aryl methyl sites for hydroxylation is 2. The van der Waals surface area contributed by atoms with E-state index in [9.17, 15) is 18.4 Å². The highest BCUT2D eigenvalue weighted by atomic mass is 35.5. The summed E-state index contributed by atoms with van der Waals surface area (Å²) in [6, 6.07) is 13.5. The summed E-state index contributed by atoms with van der Waals surface area (Å²) < 4.78 is 56.2. The van der Waals surface area contributed by atoms with Crippen molar-refractivity contribution >= 4 is 34.5 Å². The molecule has 3 aromatic carbocycles. The molecule has 2 aromatic heterocycles. The molecule has 0 saturated carbocycles. The van der Waals surface area contributed by atoms with E-state index in [1.807, 2.05) is 26.0 Å². The smallest absolute Gasteiger partial charge is 0.411 e. The number of fused-ring (bicyclic) bond motifs is 1. The number of pyridine rings is 1. The number of rotatable bonds is 10. The van der Waals surface area contributed by atoms with Crippen LogP contribution in [0.25, 0.3) is 11.0 Å². The molecular formula is C41H42ClF3N4O4. The molecule has 6 rings (SSSR count). The summed E-state index contributed by atoms with van der Waals surface area (Å²) in [5, 5.41) is -0.0695. The minimum Gasteiger partial charge on any atom is -0.444 e. The van der Waals surface area contributed by atoms with Crippen molar-refractivity contribution in [3.8, 4) is 0 Å². The Morgan fingerprint density at radius 1 is 1.02 bits per heavy atom. The SMILES string of the molecule is Cc1cc2nc([C@@H]3CO[C@H](CCc4c(F)cncc4CC(=O)C[C@H](c4cccc(F)c4)c4ccc(Cl)c(F)c4)CN3C(=O)OC(C)(C)C)[nH]c2cc1C. The largest absolute Gasteiger partial charge is 0.444 e. The highest BCUT2D eigenvalue weighted by molar-refractivity contribution is 6.30. The predicted molar refractivity (Wildman–Crippen MR) is 196 cm³/mol. The van der Waals surface area contributed by atoms with Crippen LogP contribution in [0, 0.1) is 31.3 Å². The molecule has 1 fully saturated rings. The third-order valence-corrected chi connectivity index (χ3v) is 9.86. The zero-order valence-corrected chi connectivity index (χ0v) is 31.1. The van der Waals surface area contributed by atoms with Crippen LogP contribution in [0.3, 0.4) is 0 Å². The van der Waals surface area contributed by atoms with E-state index in [4.69, 9.17) is 26.1 Å². The number of carbonyl (C=O) groups is 2. The summed E-state index contributed by atoms with van der Waals surface area (Å²) in [6.07, 6.45) is 1.87. The van der Waals surface area contributed by atoms with Gasteiger partial charge in [0.05, 0.1) is 41.5 Å². The molecule has 278 valence electrons. The number of Topliss-reactive ketones (excluding diaryl/α,β-unsaturated/α-hetero) is 1. The fourth-order valence-electron chi connectivity index (χ4n) is 6.72. The standard InChI is InChI=1S/C41H42ClF3N4O4/c1-23-13-36-37(14-24(23)2)48-39(47-36)38-22-52-30(21-49(38)40(51)53-41(3,4)5)10-11-31-27(19-46-20-35(31)45)16-29(50)18-32(25-7-6-8-28(43)15-25)26-9-12-33(42)34(44)17-26/h6-9,12-15,17,19-20,30,32,38H,10-11,16,18,21-22H2,1-5H3,(H,47,48)/t30-,32-,38+/m1/s1. The normalized spacial score (nSPS) is 16.9. The van der Waals surface area contributed by atoms with E-state index in [0.717, 1.165) is 28.4 Å². The highest BCUT2D eigenvalue weighted by Crippen LogP contribution is 2.33. The van der Waals surface area contributed by atoms with E-state index >= 15 is 4.39 Å². The Kier molecular flexibility index (Phi) is 11.3. The van der Waals surface area contributed by atoms with Crippen LogP contribution in [0.4, 0.5) is 18.0 Å². The van der Waals surface area contributed by atoms with Crippen molar-refractivity contribution in [3.63, 3.8) is 0 Å². The van der Waals surface area contributed by atoms with E-state index in [0.29, 0.717) is 34.5 Å². The fourth-order valence-corrected chi connectivity index (χ4v) is 6.84. The van der Waals surface area contributed by atoms with Gasteiger partial charge in [0, 0.05) is 25.0 Å². The van der Waals surface area contributed by atoms with Gasteiger partial charge >= 0.3 is 6.09 Å². The molecule has 0 bridgehead atoms. The molecule has 0 spiro atoms. The second kappa shape index (κ2) is 15.7. The molecule has 1 saturated heterocycles. The predicted octanol–water partition coefficient (Wildman–Crippen LogP) is 9.29. The summed E-state index contributed by atoms with van der Waals surface area (Å²) in [5.41, 5.74) is 4.78. The summed E-state index contributed by atoms with van der Waals surface area (Å²) in [6.45, 7) is 9.75. The molecule has 3 atom stereocenters. The number of nitrogens with one attached hydrogen (secondary N) is 1. The number of ether oxygens (including phenoxy) is 2. The second-order valence-corrected chi connectivity index (χ2v) is 15.1. The number of benzene rings is 3. The summed E-state index contributed by atoms with van der Waals surface area (Å²) in [7, 11) is 0. The van der Waals surface area contributed by atoms with Crippen LogP contribution in [0.5, 0.6) is 0 Å². The Balaban J connectivity index is 1.19. The lowest BCUT2D eigenvalue weighted by atomic mass is 9.85. The van der Waals surface area contributed by atoms with Crippen molar-refractivity contribution in [3.05, 3.63) is 129 Å². The molecule has 1 aliphatic rings. The van der Waals surface area contributed by atoms with Crippen LogP contribution in [-0.4, -0.2) is 56.6 Å². The average molecular weight is 747 g/mol. The zero-order valence-electron chi connectivity index (χ0n) is 30.3. The van der Waals surface area contributed by atoms with Crippen LogP contribution in [0.15, 0.2) is 67.0 Å². The Morgan fingerprint density at radius 2 is 1.77 bits per heavy atom. The molecule has 8 nitrogen and oxygen atoms in total. The van der Waals surface area contributed by atoms with E-state index in [1.165, 1.54) is 36.5 Å². The number of carbonyl (C=O) groups excluding carboxylic acids is 2. The maximum Gasteiger partial charge on any atom is 0.411 e. The number of amides is 1. The Morgan fingerprint density at radius 3 is 2.51 bits per heavy atom. The summed E-state index contributed by atoms with van der Waals surface area (Å²) in [5.74, 6) is -2.07. The summed E-state index contributed by atoms with van der Waals surface area (Å²) in [4.78, 5) is 41.0. The number of morpholine rings is 1. The lowest BCUT2D eigenvalue weighted by molar-refractivity contribution is -0.118. The maximum absolute atomic E-state index is 15.4. The van der Waals surface area contributed by atoms with Crippen LogP contribution >= 0.6 is 11.6 Å². The van der Waals surface area contributed by atoms with Crippen LogP contribution < -0.4 is 0 Å². The molecule has 5 aromatic rings. The first kappa shape index (κ1) is 38.0. The van der Waals surface area contributed by atoms with Gasteiger partial charge in [-0.05, 0) is 117 Å². The fraction of sp³-hybridized carbons (Fsp3) is 0.366. The lowest BCUT2D eigenvalue weighted by Crippen LogP contribution is -2.49. The van der Waals surface area contributed by atoms with Crippen LogP contribution in [0.1, 0.15) is 84.8 Å². The third-order valence-electron chi connectivity index (χ3n) is 9.55. The van der Waals surface area contributed by atoms with Gasteiger partial charge in [-0.25, -0.2) is 22.9 Å². The molecule has 1 N–H and O–H groups in total. The van der Waals surface area contributed by atoms with Gasteiger partial charge in [0.25, 0.3) is 0 Å². The van der Waals surface area contributed by atoms with Crippen molar-refractivity contribution < 1.29 is 32.2 Å². The molecule has 0 radical (unpaired) electrons. The van der Waals surface area contributed by atoms with Gasteiger partial charge < -0.3 is 14.5 Å². The average Bonchev–Trinajstić information content (AvgIpc) is 3.49. The van der Waals surface area contributed by atoms with Crippen molar-refractivity contribution in [2.24, 2.45) is 0 Å². The van der Waals surface area contributed by atoms with E-state index in [-0.39, 0.29) is 43.2 Å². The Bertz CT molecular complexity index is 2110. The van der Waals surface area contributed by atoms with Crippen LogP contribution in [0.2, 0.25) is 5.02 Å². The number of ketones is 1. The van der Waals surface area contributed by atoms with E-state index in [2.05, 4.69) is 9.97 Å². The van der Waals surface area contributed by atoms with Crippen molar-refractivity contribution in [2.45, 2.75) is 84.0 Å². The highest BCUT2D eigenvalue weighted by Gasteiger charge is 2.37. The van der Waals surface area contributed by atoms with Gasteiger partial charge in [0.1, 0.15) is 40.7 Å². The monoisotopic (exact) mass is 746 g/mol. The third kappa shape index (κ3) is 9.08. The van der Waals surface area contributed by atoms with Crippen molar-refractivity contribution in [2.75, 3.05) is 13.2 Å². The minimum atomic E-state index is -0.742. The molecule has 0 aliphatic carbocycles. The first-order valence-corrected chi connectivity index (χ1v) is 17.9. The lowest BCUT2D eigenvalue weighted by Gasteiger charge is -2.39. The molecule has 12 heteroatoms. The summed E-state index contributed by atoms with van der Waals surface area (Å²) >= 11 is 5.91. The van der Waals surface area contributed by atoms with Crippen LogP contribution in [-0.2, 0) is 27.1 Å². The molecule has 53 heavy (non-hydrogen) atoms. The number of hydrogen-bond donors (Lipinski definition) is 1. The number of hydrogen-bond acceptors (Lipinski definition) is 6. The van der Waals surface area contributed by atoms with Crippen molar-refractivity contribution in [1.29, 1.82) is 0 Å². The number of imidazole rings is 1. The number of aromatic nitrogens is 3.